The fraction of sp³-hybridized carbons (Fsp3) is 0.467. The highest BCUT2D eigenvalue weighted by atomic mass is 16.2. The lowest BCUT2D eigenvalue weighted by atomic mass is 9.87. The Kier molecular flexibility index (Phi) is 3.22. The summed E-state index contributed by atoms with van der Waals surface area (Å²) in [5.74, 6) is -0.0460. The summed E-state index contributed by atoms with van der Waals surface area (Å²) in [5.41, 5.74) is 0.352. The van der Waals surface area contributed by atoms with E-state index >= 15 is 0 Å². The molecule has 0 bridgehead atoms. The van der Waals surface area contributed by atoms with Crippen molar-refractivity contribution in [3.8, 4) is 0 Å². The van der Waals surface area contributed by atoms with Crippen molar-refractivity contribution in [1.29, 1.82) is 0 Å². The van der Waals surface area contributed by atoms with E-state index in [1.807, 2.05) is 30.3 Å². The molecule has 0 unspecified atom stereocenters. The highest BCUT2D eigenvalue weighted by molar-refractivity contribution is 6.06. The van der Waals surface area contributed by atoms with Gasteiger partial charge >= 0.3 is 6.03 Å². The van der Waals surface area contributed by atoms with Gasteiger partial charge in [-0.3, -0.25) is 9.69 Å². The van der Waals surface area contributed by atoms with Crippen LogP contribution in [0.4, 0.5) is 4.79 Å². The Morgan fingerprint density at radius 3 is 2.45 bits per heavy atom. The molecule has 5 nitrogen and oxygen atoms in total. The largest absolute Gasteiger partial charge is 0.327 e. The van der Waals surface area contributed by atoms with Gasteiger partial charge in [0.05, 0.1) is 6.54 Å². The molecule has 0 radical (unpaired) electrons. The van der Waals surface area contributed by atoms with Crippen molar-refractivity contribution in [1.82, 2.24) is 15.1 Å². The lowest BCUT2D eigenvalue weighted by molar-refractivity contribution is -0.134. The number of carbonyl (C=O) groups is 2. The summed E-state index contributed by atoms with van der Waals surface area (Å²) in [6.07, 6.45) is 1.39. The topological polar surface area (TPSA) is 52.7 Å². The molecule has 1 N–H and O–H groups in total. The Hall–Kier alpha value is -1.88. The summed E-state index contributed by atoms with van der Waals surface area (Å²) in [7, 11) is 1.75. The van der Waals surface area contributed by atoms with Gasteiger partial charge < -0.3 is 10.2 Å². The fourth-order valence-corrected chi connectivity index (χ4v) is 3.14. The molecule has 1 aromatic carbocycles. The molecule has 2 fully saturated rings. The van der Waals surface area contributed by atoms with Crippen molar-refractivity contribution in [2.24, 2.45) is 0 Å². The molecule has 2 heterocycles. The van der Waals surface area contributed by atoms with Crippen molar-refractivity contribution >= 4 is 11.9 Å². The van der Waals surface area contributed by atoms with Crippen molar-refractivity contribution in [3.05, 3.63) is 35.9 Å². The van der Waals surface area contributed by atoms with Crippen LogP contribution in [0.5, 0.6) is 0 Å². The molecule has 3 rings (SSSR count). The van der Waals surface area contributed by atoms with Gasteiger partial charge in [0, 0.05) is 7.05 Å². The number of hydrogen-bond donors (Lipinski definition) is 1. The molecule has 2 aliphatic rings. The minimum atomic E-state index is -0.628. The summed E-state index contributed by atoms with van der Waals surface area (Å²) in [6.45, 7) is 1.92. The number of amides is 3. The van der Waals surface area contributed by atoms with E-state index in [0.717, 1.165) is 18.7 Å². The second-order valence-electron chi connectivity index (χ2n) is 5.50. The first kappa shape index (κ1) is 13.1. The molecular weight excluding hydrogens is 254 g/mol. The van der Waals surface area contributed by atoms with Crippen LogP contribution in [-0.2, 0) is 11.3 Å². The summed E-state index contributed by atoms with van der Waals surface area (Å²) in [4.78, 5) is 28.2. The Labute approximate surface area is 118 Å². The Morgan fingerprint density at radius 2 is 1.80 bits per heavy atom. The number of nitrogens with one attached hydrogen (secondary N) is 1. The van der Waals surface area contributed by atoms with Crippen LogP contribution in [0.15, 0.2) is 30.3 Å². The molecule has 5 heteroatoms. The van der Waals surface area contributed by atoms with E-state index in [1.54, 1.807) is 11.9 Å². The smallest absolute Gasteiger partial charge is 0.317 e. The zero-order valence-electron chi connectivity index (χ0n) is 11.6. The molecule has 0 atom stereocenters. The number of carbonyl (C=O) groups excluding carboxylic acids is 2. The minimum absolute atomic E-state index is 0.0460. The van der Waals surface area contributed by atoms with Gasteiger partial charge in [-0.15, -0.1) is 0 Å². The second-order valence-corrected chi connectivity index (χ2v) is 5.50. The Balaban J connectivity index is 1.86. The average molecular weight is 273 g/mol. The lowest BCUT2D eigenvalue weighted by Crippen LogP contribution is -2.54. The van der Waals surface area contributed by atoms with Gasteiger partial charge in [-0.1, -0.05) is 30.3 Å². The number of nitrogens with zero attached hydrogens (tertiary/aromatic N) is 2. The molecular formula is C15H19N3O2. The van der Waals surface area contributed by atoms with E-state index in [-0.39, 0.29) is 11.9 Å². The Bertz CT molecular complexity index is 523. The van der Waals surface area contributed by atoms with Crippen molar-refractivity contribution < 1.29 is 9.59 Å². The molecule has 1 spiro atoms. The second kappa shape index (κ2) is 4.90. The van der Waals surface area contributed by atoms with E-state index in [0.29, 0.717) is 19.4 Å². The van der Waals surface area contributed by atoms with Crippen LogP contribution >= 0.6 is 0 Å². The number of piperidine rings is 1. The molecule has 2 saturated heterocycles. The first-order valence-corrected chi connectivity index (χ1v) is 6.99. The minimum Gasteiger partial charge on any atom is -0.317 e. The highest BCUT2D eigenvalue weighted by Crippen LogP contribution is 2.34. The van der Waals surface area contributed by atoms with Gasteiger partial charge in [0.2, 0.25) is 0 Å². The van der Waals surface area contributed by atoms with Gasteiger partial charge in [-0.05, 0) is 31.5 Å². The highest BCUT2D eigenvalue weighted by Gasteiger charge is 2.55. The van der Waals surface area contributed by atoms with Gasteiger partial charge in [-0.25, -0.2) is 4.79 Å². The predicted octanol–water partition coefficient (Wildman–Crippen LogP) is 1.20. The predicted molar refractivity (Wildman–Crippen MR) is 75.0 cm³/mol. The van der Waals surface area contributed by atoms with Crippen LogP contribution in [0, 0.1) is 0 Å². The maximum atomic E-state index is 12.7. The van der Waals surface area contributed by atoms with Gasteiger partial charge in [0.1, 0.15) is 5.54 Å². The SMILES string of the molecule is CN1C(=O)N(Cc2ccccc2)C(=O)C12CCNCC2. The van der Waals surface area contributed by atoms with E-state index in [1.165, 1.54) is 4.90 Å². The van der Waals surface area contributed by atoms with E-state index < -0.39 is 5.54 Å². The molecule has 20 heavy (non-hydrogen) atoms. The maximum absolute atomic E-state index is 12.7. The molecule has 1 aromatic rings. The van der Waals surface area contributed by atoms with Gasteiger partial charge in [-0.2, -0.15) is 0 Å². The first-order valence-electron chi connectivity index (χ1n) is 6.99. The summed E-state index contributed by atoms with van der Waals surface area (Å²) >= 11 is 0. The van der Waals surface area contributed by atoms with Gasteiger partial charge in [0.15, 0.2) is 0 Å². The zero-order valence-corrected chi connectivity index (χ0v) is 11.6. The lowest BCUT2D eigenvalue weighted by Gasteiger charge is -2.36. The average Bonchev–Trinajstić information content (AvgIpc) is 2.66. The van der Waals surface area contributed by atoms with Crippen LogP contribution in [0.2, 0.25) is 0 Å². The van der Waals surface area contributed by atoms with Crippen LogP contribution in [-0.4, -0.2) is 47.4 Å². The number of urea groups is 1. The molecule has 2 aliphatic heterocycles. The van der Waals surface area contributed by atoms with Crippen molar-refractivity contribution in [3.63, 3.8) is 0 Å². The quantitative estimate of drug-likeness (QED) is 0.824. The molecule has 0 aromatic heterocycles. The summed E-state index contributed by atoms with van der Waals surface area (Å²) < 4.78 is 0. The van der Waals surface area contributed by atoms with Crippen molar-refractivity contribution in [2.45, 2.75) is 24.9 Å². The van der Waals surface area contributed by atoms with E-state index in [2.05, 4.69) is 5.32 Å². The Morgan fingerprint density at radius 1 is 1.15 bits per heavy atom. The standard InChI is InChI=1S/C15H19N3O2/c1-17-14(20)18(11-12-5-3-2-4-6-12)13(19)15(17)7-9-16-10-8-15/h2-6,16H,7-11H2,1H3. The number of hydrogen-bond acceptors (Lipinski definition) is 3. The van der Waals surface area contributed by atoms with Gasteiger partial charge in [0.25, 0.3) is 5.91 Å². The third-order valence-electron chi connectivity index (χ3n) is 4.42. The molecule has 106 valence electrons. The number of benzene rings is 1. The maximum Gasteiger partial charge on any atom is 0.327 e. The molecule has 3 amide bonds. The van der Waals surface area contributed by atoms with Crippen molar-refractivity contribution in [2.75, 3.05) is 20.1 Å². The fourth-order valence-electron chi connectivity index (χ4n) is 3.14. The number of likely N-dealkylation sites (N-methyl/N-ethyl adjacent to an activating group) is 1. The summed E-state index contributed by atoms with van der Waals surface area (Å²) in [5, 5.41) is 3.25. The zero-order chi connectivity index (χ0) is 14.2. The summed E-state index contributed by atoms with van der Waals surface area (Å²) in [6, 6.07) is 9.47. The third-order valence-corrected chi connectivity index (χ3v) is 4.42. The molecule has 0 aliphatic carbocycles. The first-order chi connectivity index (χ1) is 9.65. The number of imide groups is 1. The molecule has 0 saturated carbocycles. The third kappa shape index (κ3) is 1.89. The van der Waals surface area contributed by atoms with Crippen LogP contribution in [0.25, 0.3) is 0 Å². The van der Waals surface area contributed by atoms with E-state index in [9.17, 15) is 9.59 Å². The van der Waals surface area contributed by atoms with Crippen LogP contribution in [0.3, 0.4) is 0 Å². The monoisotopic (exact) mass is 273 g/mol. The normalized spacial score (nSPS) is 21.9. The van der Waals surface area contributed by atoms with Crippen LogP contribution in [0.1, 0.15) is 18.4 Å². The van der Waals surface area contributed by atoms with E-state index in [4.69, 9.17) is 0 Å². The van der Waals surface area contributed by atoms with Crippen LogP contribution < -0.4 is 5.32 Å². The number of rotatable bonds is 2.